The molecule has 2 amide bonds. The molecular weight excluding hydrogens is 202 g/mol. The van der Waals surface area contributed by atoms with Crippen LogP contribution in [0.5, 0.6) is 0 Å². The Balaban J connectivity index is 2.96. The van der Waals surface area contributed by atoms with E-state index in [1.807, 2.05) is 0 Å². The largest absolute Gasteiger partial charge is 0.464 e. The van der Waals surface area contributed by atoms with Gasteiger partial charge in [-0.3, -0.25) is 0 Å². The molecule has 0 radical (unpaired) electrons. The van der Waals surface area contributed by atoms with E-state index in [1.165, 1.54) is 12.1 Å². The minimum atomic E-state index is -1.72. The molecule has 3 N–H and O–H groups in total. The first-order chi connectivity index (χ1) is 7.04. The van der Waals surface area contributed by atoms with Gasteiger partial charge < -0.3 is 15.3 Å². The minimum Gasteiger partial charge on any atom is -0.464 e. The normalized spacial score (nSPS) is 11.8. The summed E-state index contributed by atoms with van der Waals surface area (Å²) in [6.07, 6.45) is -5.15. The van der Waals surface area contributed by atoms with Crippen LogP contribution in [0, 0.1) is 0 Å². The standard InChI is InChI=1S/C9H9NO5/c11-7(6-4-2-1-3-5-6)10(8(12)13)9(14)15/h1-5,7,11H,(H,12,13)(H,14,15). The SMILES string of the molecule is O=C(O)N(C(=O)O)C(O)c1ccccc1. The van der Waals surface area contributed by atoms with E-state index in [1.54, 1.807) is 18.2 Å². The molecular formula is C9H9NO5. The number of nitrogens with zero attached hydrogens (tertiary/aromatic N) is 1. The van der Waals surface area contributed by atoms with E-state index < -0.39 is 18.4 Å². The minimum absolute atomic E-state index is 0.0741. The molecule has 0 spiro atoms. The summed E-state index contributed by atoms with van der Waals surface area (Å²) in [5.41, 5.74) is 0.197. The summed E-state index contributed by atoms with van der Waals surface area (Å²) in [6, 6.07) is 7.68. The third kappa shape index (κ3) is 2.44. The van der Waals surface area contributed by atoms with Crippen molar-refractivity contribution in [3.8, 4) is 0 Å². The van der Waals surface area contributed by atoms with E-state index in [0.29, 0.717) is 0 Å². The van der Waals surface area contributed by atoms with E-state index in [2.05, 4.69) is 0 Å². The maximum atomic E-state index is 10.5. The van der Waals surface area contributed by atoms with Gasteiger partial charge in [-0.2, -0.15) is 4.90 Å². The van der Waals surface area contributed by atoms with Gasteiger partial charge in [0.05, 0.1) is 0 Å². The first-order valence-electron chi connectivity index (χ1n) is 4.02. The van der Waals surface area contributed by atoms with Crippen molar-refractivity contribution >= 4 is 12.2 Å². The molecule has 0 fully saturated rings. The Kier molecular flexibility index (Phi) is 3.25. The second-order valence-electron chi connectivity index (χ2n) is 2.72. The first-order valence-corrected chi connectivity index (χ1v) is 4.02. The lowest BCUT2D eigenvalue weighted by molar-refractivity contribution is 0.0176. The van der Waals surface area contributed by atoms with Gasteiger partial charge in [-0.25, -0.2) is 9.59 Å². The zero-order chi connectivity index (χ0) is 11.4. The average Bonchev–Trinajstić information content (AvgIpc) is 2.18. The van der Waals surface area contributed by atoms with Crippen LogP contribution in [0.2, 0.25) is 0 Å². The number of benzene rings is 1. The van der Waals surface area contributed by atoms with Gasteiger partial charge in [-0.15, -0.1) is 0 Å². The number of amides is 2. The van der Waals surface area contributed by atoms with Gasteiger partial charge in [0.15, 0.2) is 6.23 Å². The molecule has 6 heteroatoms. The van der Waals surface area contributed by atoms with Crippen molar-refractivity contribution in [3.63, 3.8) is 0 Å². The molecule has 0 saturated carbocycles. The summed E-state index contributed by atoms with van der Waals surface area (Å²) >= 11 is 0. The monoisotopic (exact) mass is 211 g/mol. The summed E-state index contributed by atoms with van der Waals surface area (Å²) in [6.45, 7) is 0. The second-order valence-corrected chi connectivity index (χ2v) is 2.72. The van der Waals surface area contributed by atoms with Gasteiger partial charge in [0.2, 0.25) is 0 Å². The van der Waals surface area contributed by atoms with Crippen molar-refractivity contribution in [1.29, 1.82) is 0 Å². The summed E-state index contributed by atoms with van der Waals surface area (Å²) < 4.78 is 0. The predicted octanol–water partition coefficient (Wildman–Crippen LogP) is 1.34. The lowest BCUT2D eigenvalue weighted by Crippen LogP contribution is -2.37. The molecule has 0 aliphatic rings. The maximum Gasteiger partial charge on any atom is 0.419 e. The van der Waals surface area contributed by atoms with Crippen LogP contribution >= 0.6 is 0 Å². The Morgan fingerprint density at radius 3 is 1.93 bits per heavy atom. The van der Waals surface area contributed by atoms with E-state index in [4.69, 9.17) is 10.2 Å². The van der Waals surface area contributed by atoms with Crippen molar-refractivity contribution in [3.05, 3.63) is 35.9 Å². The number of aliphatic hydroxyl groups is 1. The van der Waals surface area contributed by atoms with Crippen molar-refractivity contribution in [2.45, 2.75) is 6.23 Å². The predicted molar refractivity (Wildman–Crippen MR) is 49.3 cm³/mol. The molecule has 6 nitrogen and oxygen atoms in total. The van der Waals surface area contributed by atoms with Crippen LogP contribution in [0.15, 0.2) is 30.3 Å². The lowest BCUT2D eigenvalue weighted by Gasteiger charge is -2.20. The van der Waals surface area contributed by atoms with E-state index in [0.717, 1.165) is 0 Å². The number of imide groups is 1. The molecule has 1 unspecified atom stereocenters. The van der Waals surface area contributed by atoms with Crippen molar-refractivity contribution in [1.82, 2.24) is 4.90 Å². The van der Waals surface area contributed by atoms with Crippen molar-refractivity contribution in [2.75, 3.05) is 0 Å². The number of carboxylic acid groups (broad SMARTS) is 2. The fraction of sp³-hybridized carbons (Fsp3) is 0.111. The Hall–Kier alpha value is -2.08. The van der Waals surface area contributed by atoms with Gasteiger partial charge in [-0.05, 0) is 0 Å². The van der Waals surface area contributed by atoms with Crippen LogP contribution in [0.1, 0.15) is 11.8 Å². The fourth-order valence-electron chi connectivity index (χ4n) is 1.07. The third-order valence-electron chi connectivity index (χ3n) is 1.75. The fourth-order valence-corrected chi connectivity index (χ4v) is 1.07. The second kappa shape index (κ2) is 4.43. The average molecular weight is 211 g/mol. The van der Waals surface area contributed by atoms with Crippen LogP contribution in [-0.4, -0.2) is 32.4 Å². The van der Waals surface area contributed by atoms with Gasteiger partial charge in [0, 0.05) is 5.56 Å². The zero-order valence-electron chi connectivity index (χ0n) is 7.57. The Bertz CT molecular complexity index is 350. The van der Waals surface area contributed by atoms with Crippen LogP contribution in [0.25, 0.3) is 0 Å². The molecule has 1 aromatic carbocycles. The Morgan fingerprint density at radius 2 is 1.53 bits per heavy atom. The van der Waals surface area contributed by atoms with Gasteiger partial charge in [-0.1, -0.05) is 30.3 Å². The Morgan fingerprint density at radius 1 is 1.07 bits per heavy atom. The molecule has 0 aliphatic carbocycles. The molecule has 0 heterocycles. The summed E-state index contributed by atoms with van der Waals surface area (Å²) in [7, 11) is 0. The quantitative estimate of drug-likeness (QED) is 0.641. The first kappa shape index (κ1) is 11.0. The molecule has 1 aromatic rings. The number of aliphatic hydroxyl groups excluding tert-OH is 1. The van der Waals surface area contributed by atoms with Gasteiger partial charge in [0.1, 0.15) is 0 Å². The molecule has 0 bridgehead atoms. The smallest absolute Gasteiger partial charge is 0.419 e. The van der Waals surface area contributed by atoms with E-state index in [-0.39, 0.29) is 10.5 Å². The van der Waals surface area contributed by atoms with Crippen molar-refractivity contribution in [2.24, 2.45) is 0 Å². The highest BCUT2D eigenvalue weighted by molar-refractivity contribution is 5.85. The number of hydrogen-bond donors (Lipinski definition) is 3. The zero-order valence-corrected chi connectivity index (χ0v) is 7.57. The van der Waals surface area contributed by atoms with Gasteiger partial charge >= 0.3 is 12.2 Å². The van der Waals surface area contributed by atoms with Crippen LogP contribution < -0.4 is 0 Å². The highest BCUT2D eigenvalue weighted by Gasteiger charge is 2.28. The van der Waals surface area contributed by atoms with Crippen LogP contribution in [-0.2, 0) is 0 Å². The maximum absolute atomic E-state index is 10.5. The Labute approximate surface area is 85.0 Å². The summed E-state index contributed by atoms with van der Waals surface area (Å²) in [5.74, 6) is 0. The van der Waals surface area contributed by atoms with E-state index >= 15 is 0 Å². The van der Waals surface area contributed by atoms with Crippen LogP contribution in [0.4, 0.5) is 9.59 Å². The molecule has 1 rings (SSSR count). The topological polar surface area (TPSA) is 98.1 Å². The molecule has 0 aliphatic heterocycles. The van der Waals surface area contributed by atoms with E-state index in [9.17, 15) is 14.7 Å². The molecule has 80 valence electrons. The van der Waals surface area contributed by atoms with Gasteiger partial charge in [0.25, 0.3) is 0 Å². The summed E-state index contributed by atoms with van der Waals surface area (Å²) in [4.78, 5) is 21.0. The molecule has 0 aromatic heterocycles. The van der Waals surface area contributed by atoms with Crippen molar-refractivity contribution < 1.29 is 24.9 Å². The lowest BCUT2D eigenvalue weighted by atomic mass is 10.2. The molecule has 15 heavy (non-hydrogen) atoms. The number of carbonyl (C=O) groups is 2. The highest BCUT2D eigenvalue weighted by Crippen LogP contribution is 2.17. The highest BCUT2D eigenvalue weighted by atomic mass is 16.4. The molecule has 0 saturated heterocycles. The number of rotatable bonds is 2. The summed E-state index contributed by atoms with van der Waals surface area (Å²) in [5, 5.41) is 26.6. The van der Waals surface area contributed by atoms with Crippen LogP contribution in [0.3, 0.4) is 0 Å². The third-order valence-corrected chi connectivity index (χ3v) is 1.75. The molecule has 1 atom stereocenters. The number of hydrogen-bond acceptors (Lipinski definition) is 3.